The predicted molar refractivity (Wildman–Crippen MR) is 99.3 cm³/mol. The zero-order chi connectivity index (χ0) is 20.1. The van der Waals surface area contributed by atoms with E-state index in [1.165, 1.54) is 6.33 Å². The van der Waals surface area contributed by atoms with Crippen LogP contribution >= 0.6 is 0 Å². The summed E-state index contributed by atoms with van der Waals surface area (Å²) in [5.74, 6) is -0.635. The van der Waals surface area contributed by atoms with E-state index in [-0.39, 0.29) is 18.7 Å². The largest absolute Gasteiger partial charge is 0.463 e. The van der Waals surface area contributed by atoms with Crippen LogP contribution in [0.1, 0.15) is 46.2 Å². The molecule has 2 aliphatic rings. The molecule has 2 fully saturated rings. The van der Waals surface area contributed by atoms with Crippen molar-refractivity contribution < 1.29 is 23.7 Å². The number of anilines is 1. The first-order valence-corrected chi connectivity index (χ1v) is 9.53. The number of fused-ring (bicyclic) bond motifs is 2. The fourth-order valence-corrected chi connectivity index (χ4v) is 4.05. The van der Waals surface area contributed by atoms with Gasteiger partial charge in [-0.1, -0.05) is 6.92 Å². The van der Waals surface area contributed by atoms with Crippen LogP contribution in [-0.2, 0) is 29.3 Å². The van der Waals surface area contributed by atoms with Crippen LogP contribution < -0.4 is 5.73 Å². The minimum Gasteiger partial charge on any atom is -0.463 e. The Balaban J connectivity index is 1.67. The smallest absolute Gasteiger partial charge is 0.305 e. The average molecular weight is 390 g/mol. The molecule has 9 heteroatoms. The standard InChI is InChI=1S/C19H26N4O5/c1-5-6-14(24)25-9-12-15-16(28-18(2,3)27-15)19(4,26-12)13-8-7-11-17(20)21-10-22-23(11)13/h7-8,10,12,15-16H,5-6,9H2,1-4H3,(H2,20,21,22)/t12-,15-,16-,19+/m1/s1. The summed E-state index contributed by atoms with van der Waals surface area (Å²) in [4.78, 5) is 15.9. The van der Waals surface area contributed by atoms with Gasteiger partial charge in [-0.2, -0.15) is 5.10 Å². The van der Waals surface area contributed by atoms with Crippen molar-refractivity contribution in [2.75, 3.05) is 12.3 Å². The molecule has 0 unspecified atom stereocenters. The Bertz CT molecular complexity index is 898. The van der Waals surface area contributed by atoms with Gasteiger partial charge >= 0.3 is 5.97 Å². The molecule has 2 saturated heterocycles. The Hall–Kier alpha value is -2.23. The molecule has 0 aliphatic carbocycles. The summed E-state index contributed by atoms with van der Waals surface area (Å²) in [6.07, 6.45) is 1.29. The summed E-state index contributed by atoms with van der Waals surface area (Å²) in [6.45, 7) is 7.70. The van der Waals surface area contributed by atoms with E-state index in [0.29, 0.717) is 17.8 Å². The monoisotopic (exact) mass is 390 g/mol. The predicted octanol–water partition coefficient (Wildman–Crippen LogP) is 1.79. The summed E-state index contributed by atoms with van der Waals surface area (Å²) in [6, 6.07) is 3.75. The van der Waals surface area contributed by atoms with Crippen LogP contribution in [0.3, 0.4) is 0 Å². The molecule has 2 aliphatic heterocycles. The molecule has 0 bridgehead atoms. The van der Waals surface area contributed by atoms with Crippen LogP contribution in [0.2, 0.25) is 0 Å². The van der Waals surface area contributed by atoms with Gasteiger partial charge in [0.2, 0.25) is 0 Å². The van der Waals surface area contributed by atoms with Crippen molar-refractivity contribution in [1.82, 2.24) is 14.6 Å². The maximum Gasteiger partial charge on any atom is 0.305 e. The number of nitrogen functional groups attached to an aromatic ring is 1. The first kappa shape index (κ1) is 19.1. The number of hydrogen-bond donors (Lipinski definition) is 1. The van der Waals surface area contributed by atoms with Crippen LogP contribution in [0.15, 0.2) is 18.5 Å². The van der Waals surface area contributed by atoms with Crippen molar-refractivity contribution in [3.63, 3.8) is 0 Å². The van der Waals surface area contributed by atoms with E-state index in [1.807, 2.05) is 39.8 Å². The molecular formula is C19H26N4O5. The van der Waals surface area contributed by atoms with Gasteiger partial charge in [-0.05, 0) is 39.3 Å². The van der Waals surface area contributed by atoms with Gasteiger partial charge in [0, 0.05) is 6.42 Å². The lowest BCUT2D eigenvalue weighted by atomic mass is 9.93. The second kappa shape index (κ2) is 6.68. The fraction of sp³-hybridized carbons (Fsp3) is 0.632. The van der Waals surface area contributed by atoms with Gasteiger partial charge < -0.3 is 24.7 Å². The molecular weight excluding hydrogens is 364 g/mol. The van der Waals surface area contributed by atoms with Crippen molar-refractivity contribution >= 4 is 17.3 Å². The number of nitrogens with two attached hydrogens (primary N) is 1. The maximum atomic E-state index is 11.8. The second-order valence-corrected chi connectivity index (χ2v) is 7.88. The van der Waals surface area contributed by atoms with Gasteiger partial charge in [0.1, 0.15) is 42.4 Å². The summed E-state index contributed by atoms with van der Waals surface area (Å²) < 4.78 is 25.8. The average Bonchev–Trinajstić information content (AvgIpc) is 3.27. The highest BCUT2D eigenvalue weighted by Crippen LogP contribution is 2.49. The van der Waals surface area contributed by atoms with E-state index in [1.54, 1.807) is 4.52 Å². The van der Waals surface area contributed by atoms with E-state index in [0.717, 1.165) is 12.1 Å². The SMILES string of the molecule is CCCC(=O)OC[C@H]1O[C@@](C)(c2ccc3c(N)ncnn23)[C@@H]2OC(C)(C)O[C@@H]21. The third kappa shape index (κ3) is 3.03. The van der Waals surface area contributed by atoms with Gasteiger partial charge in [-0.3, -0.25) is 4.79 Å². The summed E-state index contributed by atoms with van der Waals surface area (Å²) >= 11 is 0. The third-order valence-corrected chi connectivity index (χ3v) is 5.29. The molecule has 152 valence electrons. The van der Waals surface area contributed by atoms with Crippen LogP contribution in [0.4, 0.5) is 5.82 Å². The normalized spacial score (nSPS) is 31.2. The highest BCUT2D eigenvalue weighted by molar-refractivity contribution is 5.69. The quantitative estimate of drug-likeness (QED) is 0.770. The minimum absolute atomic E-state index is 0.107. The van der Waals surface area contributed by atoms with E-state index in [9.17, 15) is 4.79 Å². The van der Waals surface area contributed by atoms with E-state index >= 15 is 0 Å². The van der Waals surface area contributed by atoms with E-state index < -0.39 is 23.6 Å². The lowest BCUT2D eigenvalue weighted by Crippen LogP contribution is -2.39. The number of rotatable bonds is 5. The van der Waals surface area contributed by atoms with Crippen LogP contribution in [0, 0.1) is 0 Å². The minimum atomic E-state index is -0.868. The van der Waals surface area contributed by atoms with Gasteiger partial charge in [0.05, 0.1) is 5.69 Å². The molecule has 9 nitrogen and oxygen atoms in total. The summed E-state index contributed by atoms with van der Waals surface area (Å²) in [7, 11) is 0. The Morgan fingerprint density at radius 2 is 2.07 bits per heavy atom. The lowest BCUT2D eigenvalue weighted by Gasteiger charge is -2.31. The van der Waals surface area contributed by atoms with Crippen molar-refractivity contribution in [3.8, 4) is 0 Å². The number of carbonyl (C=O) groups is 1. The molecule has 4 rings (SSSR count). The van der Waals surface area contributed by atoms with Crippen LogP contribution in [0.5, 0.6) is 0 Å². The molecule has 2 aromatic heterocycles. The maximum absolute atomic E-state index is 11.8. The molecule has 4 heterocycles. The number of esters is 1. The third-order valence-electron chi connectivity index (χ3n) is 5.29. The number of nitrogens with zero attached hydrogens (tertiary/aromatic N) is 3. The van der Waals surface area contributed by atoms with Gasteiger partial charge in [0.15, 0.2) is 11.6 Å². The van der Waals surface area contributed by atoms with Crippen molar-refractivity contribution in [3.05, 3.63) is 24.2 Å². The Morgan fingerprint density at radius 3 is 2.82 bits per heavy atom. The Labute approximate surface area is 163 Å². The zero-order valence-corrected chi connectivity index (χ0v) is 16.5. The Kier molecular flexibility index (Phi) is 4.56. The van der Waals surface area contributed by atoms with Gasteiger partial charge in [-0.15, -0.1) is 0 Å². The molecule has 0 radical (unpaired) electrons. The molecule has 2 aromatic rings. The number of hydrogen-bond acceptors (Lipinski definition) is 8. The van der Waals surface area contributed by atoms with Gasteiger partial charge in [0.25, 0.3) is 0 Å². The summed E-state index contributed by atoms with van der Waals surface area (Å²) in [5.41, 5.74) is 6.57. The number of ether oxygens (including phenoxy) is 4. The molecule has 0 amide bonds. The molecule has 0 spiro atoms. The topological polar surface area (TPSA) is 110 Å². The van der Waals surface area contributed by atoms with Crippen LogP contribution in [0.25, 0.3) is 5.52 Å². The van der Waals surface area contributed by atoms with Gasteiger partial charge in [-0.25, -0.2) is 9.50 Å². The molecule has 28 heavy (non-hydrogen) atoms. The number of aromatic nitrogens is 3. The fourth-order valence-electron chi connectivity index (χ4n) is 4.05. The number of carbonyl (C=O) groups excluding carboxylic acids is 1. The molecule has 0 aromatic carbocycles. The second-order valence-electron chi connectivity index (χ2n) is 7.88. The molecule has 2 N–H and O–H groups in total. The molecule has 4 atom stereocenters. The lowest BCUT2D eigenvalue weighted by molar-refractivity contribution is -0.214. The van der Waals surface area contributed by atoms with E-state index in [4.69, 9.17) is 24.7 Å². The highest BCUT2D eigenvalue weighted by Gasteiger charge is 2.62. The Morgan fingerprint density at radius 1 is 1.29 bits per heavy atom. The first-order chi connectivity index (χ1) is 13.2. The highest BCUT2D eigenvalue weighted by atomic mass is 16.8. The molecule has 0 saturated carbocycles. The van der Waals surface area contributed by atoms with Crippen LogP contribution in [-0.4, -0.2) is 51.3 Å². The van der Waals surface area contributed by atoms with Crippen molar-refractivity contribution in [2.45, 2.75) is 70.2 Å². The first-order valence-electron chi connectivity index (χ1n) is 9.53. The van der Waals surface area contributed by atoms with Crippen molar-refractivity contribution in [1.29, 1.82) is 0 Å². The zero-order valence-electron chi connectivity index (χ0n) is 16.5. The van der Waals surface area contributed by atoms with E-state index in [2.05, 4.69) is 10.1 Å². The van der Waals surface area contributed by atoms with Crippen molar-refractivity contribution in [2.24, 2.45) is 0 Å². The summed E-state index contributed by atoms with van der Waals surface area (Å²) in [5, 5.41) is 4.33.